The highest BCUT2D eigenvalue weighted by atomic mass is 16.8. The lowest BCUT2D eigenvalue weighted by Crippen LogP contribution is -2.67. The summed E-state index contributed by atoms with van der Waals surface area (Å²) in [5.41, 5.74) is 0. The number of hydrogen-bond donors (Lipinski definition) is 10. The second-order valence-corrected chi connectivity index (χ2v) is 8.55. The SMILES string of the molecule is CO[C@H]1O[C@H](CO)[C@@H](O)[C@H](O[C@@H]2O[C@H](CO)[C@@H](O)[C@H](O)[C@H]2O[C@@H]2O[C@H](CO)[C@@H](O)[C@H](O)[C@H]2O)[C@H]1O. The molecule has 0 saturated carbocycles. The van der Waals surface area contributed by atoms with Crippen LogP contribution in [0.3, 0.4) is 0 Å². The van der Waals surface area contributed by atoms with Crippen LogP contribution in [0.1, 0.15) is 0 Å². The Balaban J connectivity index is 1.85. The van der Waals surface area contributed by atoms with Crippen LogP contribution in [0.2, 0.25) is 0 Å². The van der Waals surface area contributed by atoms with E-state index in [0.717, 1.165) is 0 Å². The first kappa shape index (κ1) is 28.9. The molecule has 0 aromatic rings. The second-order valence-electron chi connectivity index (χ2n) is 8.55. The summed E-state index contributed by atoms with van der Waals surface area (Å²) in [5.74, 6) is 0. The largest absolute Gasteiger partial charge is 0.394 e. The number of methoxy groups -OCH3 is 1. The first-order valence-corrected chi connectivity index (χ1v) is 11.0. The van der Waals surface area contributed by atoms with Crippen LogP contribution >= 0.6 is 0 Å². The van der Waals surface area contributed by atoms with Gasteiger partial charge in [-0.05, 0) is 0 Å². The summed E-state index contributed by atoms with van der Waals surface area (Å²) >= 11 is 0. The van der Waals surface area contributed by atoms with E-state index >= 15 is 0 Å². The topological polar surface area (TPSA) is 258 Å². The molecule has 10 N–H and O–H groups in total. The fourth-order valence-corrected chi connectivity index (χ4v) is 4.21. The van der Waals surface area contributed by atoms with E-state index in [1.807, 2.05) is 0 Å². The van der Waals surface area contributed by atoms with Gasteiger partial charge in [0.2, 0.25) is 0 Å². The molecule has 3 saturated heterocycles. The quantitative estimate of drug-likeness (QED) is 0.143. The van der Waals surface area contributed by atoms with Gasteiger partial charge in [0.25, 0.3) is 0 Å². The molecule has 16 heteroatoms. The molecule has 35 heavy (non-hydrogen) atoms. The standard InChI is InChI=1S/C19H34O16/c1-30-17-14(29)15(10(25)7(4-22)31-17)34-19-16(12(27)9(24)6(3-21)33-19)35-18-13(28)11(26)8(23)5(2-20)32-18/h5-29H,2-4H2,1H3/t5-,6-,7-,8-,9-,10-,11+,12+,13-,14-,15+,16-,17+,18+,19+/m1/s1. The van der Waals surface area contributed by atoms with Crippen molar-refractivity contribution in [2.45, 2.75) is 92.1 Å². The number of rotatable bonds is 8. The van der Waals surface area contributed by atoms with Crippen molar-refractivity contribution in [1.29, 1.82) is 0 Å². The lowest BCUT2D eigenvalue weighted by atomic mass is 9.96. The first-order valence-electron chi connectivity index (χ1n) is 11.0. The molecule has 3 heterocycles. The van der Waals surface area contributed by atoms with E-state index in [1.165, 1.54) is 7.11 Å². The van der Waals surface area contributed by atoms with Crippen LogP contribution in [0.15, 0.2) is 0 Å². The van der Waals surface area contributed by atoms with Gasteiger partial charge in [0, 0.05) is 7.11 Å². The smallest absolute Gasteiger partial charge is 0.187 e. The molecule has 206 valence electrons. The highest BCUT2D eigenvalue weighted by Crippen LogP contribution is 2.33. The van der Waals surface area contributed by atoms with Gasteiger partial charge in [-0.3, -0.25) is 0 Å². The molecular weight excluding hydrogens is 484 g/mol. The van der Waals surface area contributed by atoms with Crippen molar-refractivity contribution in [3.8, 4) is 0 Å². The summed E-state index contributed by atoms with van der Waals surface area (Å²) < 4.78 is 32.2. The van der Waals surface area contributed by atoms with Crippen LogP contribution in [0, 0.1) is 0 Å². The minimum absolute atomic E-state index is 0.676. The van der Waals surface area contributed by atoms with E-state index < -0.39 is 112 Å². The molecule has 3 fully saturated rings. The molecule has 0 spiro atoms. The van der Waals surface area contributed by atoms with Crippen molar-refractivity contribution >= 4 is 0 Å². The lowest BCUT2D eigenvalue weighted by Gasteiger charge is -2.48. The van der Waals surface area contributed by atoms with Crippen LogP contribution in [-0.2, 0) is 28.4 Å². The van der Waals surface area contributed by atoms with Crippen molar-refractivity contribution in [3.63, 3.8) is 0 Å². The molecule has 3 rings (SSSR count). The van der Waals surface area contributed by atoms with Gasteiger partial charge in [-0.25, -0.2) is 0 Å². The Morgan fingerprint density at radius 2 is 0.943 bits per heavy atom. The Labute approximate surface area is 199 Å². The number of hydrogen-bond acceptors (Lipinski definition) is 16. The third-order valence-corrected chi connectivity index (χ3v) is 6.31. The van der Waals surface area contributed by atoms with Gasteiger partial charge in [-0.1, -0.05) is 0 Å². The summed E-state index contributed by atoms with van der Waals surface area (Å²) in [6.07, 6.45) is -24.3. The monoisotopic (exact) mass is 518 g/mol. The molecule has 0 aromatic carbocycles. The molecule has 0 radical (unpaired) electrons. The molecule has 3 aliphatic rings. The minimum Gasteiger partial charge on any atom is -0.394 e. The second kappa shape index (κ2) is 12.3. The van der Waals surface area contributed by atoms with Crippen molar-refractivity contribution < 1.29 is 79.5 Å². The molecular formula is C19H34O16. The highest BCUT2D eigenvalue weighted by Gasteiger charge is 2.54. The van der Waals surface area contributed by atoms with Crippen molar-refractivity contribution in [3.05, 3.63) is 0 Å². The summed E-state index contributed by atoms with van der Waals surface area (Å²) in [6, 6.07) is 0. The van der Waals surface area contributed by atoms with Gasteiger partial charge in [-0.2, -0.15) is 0 Å². The average Bonchev–Trinajstić information content (AvgIpc) is 2.85. The van der Waals surface area contributed by atoms with Crippen LogP contribution in [-0.4, -0.2) is 170 Å². The third-order valence-electron chi connectivity index (χ3n) is 6.31. The Bertz CT molecular complexity index is 638. The maximum Gasteiger partial charge on any atom is 0.187 e. The van der Waals surface area contributed by atoms with Gasteiger partial charge in [0.05, 0.1) is 19.8 Å². The van der Waals surface area contributed by atoms with Crippen LogP contribution in [0.25, 0.3) is 0 Å². The van der Waals surface area contributed by atoms with Crippen molar-refractivity contribution in [2.24, 2.45) is 0 Å². The van der Waals surface area contributed by atoms with Crippen LogP contribution < -0.4 is 0 Å². The third kappa shape index (κ3) is 5.78. The Morgan fingerprint density at radius 1 is 0.486 bits per heavy atom. The normalized spacial score (nSPS) is 51.3. The molecule has 16 nitrogen and oxygen atoms in total. The van der Waals surface area contributed by atoms with E-state index in [4.69, 9.17) is 28.4 Å². The molecule has 15 atom stereocenters. The molecule has 0 amide bonds. The molecule has 0 aromatic heterocycles. The lowest BCUT2D eigenvalue weighted by molar-refractivity contribution is -0.388. The summed E-state index contributed by atoms with van der Waals surface area (Å²) in [4.78, 5) is 0. The number of aliphatic hydroxyl groups is 10. The maximum atomic E-state index is 10.7. The van der Waals surface area contributed by atoms with Crippen LogP contribution in [0.5, 0.6) is 0 Å². The molecule has 0 aliphatic carbocycles. The minimum atomic E-state index is -1.87. The van der Waals surface area contributed by atoms with Crippen molar-refractivity contribution in [2.75, 3.05) is 26.9 Å². The summed E-state index contributed by atoms with van der Waals surface area (Å²) in [7, 11) is 1.20. The van der Waals surface area contributed by atoms with Gasteiger partial charge < -0.3 is 79.5 Å². The first-order chi connectivity index (χ1) is 16.6. The van der Waals surface area contributed by atoms with E-state index in [0.29, 0.717) is 0 Å². The predicted octanol–water partition coefficient (Wildman–Crippen LogP) is -6.92. The van der Waals surface area contributed by atoms with E-state index in [9.17, 15) is 51.1 Å². The zero-order valence-corrected chi connectivity index (χ0v) is 18.7. The van der Waals surface area contributed by atoms with E-state index in [2.05, 4.69) is 0 Å². The fraction of sp³-hybridized carbons (Fsp3) is 1.00. The highest BCUT2D eigenvalue weighted by molar-refractivity contribution is 4.96. The van der Waals surface area contributed by atoms with E-state index in [1.54, 1.807) is 0 Å². The predicted molar refractivity (Wildman–Crippen MR) is 106 cm³/mol. The number of aliphatic hydroxyl groups excluding tert-OH is 10. The summed E-state index contributed by atoms with van der Waals surface area (Å²) in [5, 5.41) is 101. The number of ether oxygens (including phenoxy) is 6. The van der Waals surface area contributed by atoms with Gasteiger partial charge >= 0.3 is 0 Å². The molecule has 0 unspecified atom stereocenters. The molecule has 0 bridgehead atoms. The van der Waals surface area contributed by atoms with Gasteiger partial charge in [-0.15, -0.1) is 0 Å². The fourth-order valence-electron chi connectivity index (χ4n) is 4.21. The van der Waals surface area contributed by atoms with Crippen molar-refractivity contribution in [1.82, 2.24) is 0 Å². The van der Waals surface area contributed by atoms with Gasteiger partial charge in [0.15, 0.2) is 18.9 Å². The van der Waals surface area contributed by atoms with E-state index in [-0.39, 0.29) is 0 Å². The Kier molecular flexibility index (Phi) is 10.1. The Hall–Kier alpha value is -0.640. The molecule has 3 aliphatic heterocycles. The van der Waals surface area contributed by atoms with Crippen LogP contribution in [0.4, 0.5) is 0 Å². The Morgan fingerprint density at radius 3 is 1.49 bits per heavy atom. The van der Waals surface area contributed by atoms with Gasteiger partial charge in [0.1, 0.15) is 73.2 Å². The maximum absolute atomic E-state index is 10.7. The average molecular weight is 518 g/mol. The zero-order chi connectivity index (χ0) is 26.0. The zero-order valence-electron chi connectivity index (χ0n) is 18.7. The summed E-state index contributed by atoms with van der Waals surface area (Å²) in [6.45, 7) is -2.21.